The number of epoxide rings is 1. The average molecular weight is 361 g/mol. The fourth-order valence-corrected chi connectivity index (χ4v) is 2.14. The van der Waals surface area contributed by atoms with Gasteiger partial charge in [-0.25, -0.2) is 0 Å². The van der Waals surface area contributed by atoms with E-state index in [1.807, 2.05) is 72.4 Å². The Morgan fingerprint density at radius 1 is 0.880 bits per heavy atom. The number of ether oxygens (including phenoxy) is 3. The van der Waals surface area contributed by atoms with Gasteiger partial charge in [-0.05, 0) is 24.3 Å². The topological polar surface area (TPSA) is 31.0 Å². The first-order chi connectivity index (χ1) is 12.3. The molecule has 0 aromatic heterocycles. The Labute approximate surface area is 155 Å². The molecule has 2 heterocycles. The number of hydrogen-bond acceptors (Lipinski definition) is 4. The highest BCUT2D eigenvalue weighted by molar-refractivity contribution is 8.06. The maximum atomic E-state index is 5.51. The first-order valence-corrected chi connectivity index (χ1v) is 9.95. The first kappa shape index (κ1) is 19.7. The van der Waals surface area contributed by atoms with Crippen LogP contribution in [0.2, 0.25) is 0 Å². The number of rotatable bonds is 6. The summed E-state index contributed by atoms with van der Waals surface area (Å²) in [5.74, 6) is 3.18. The van der Waals surface area contributed by atoms with Crippen LogP contribution in [0.4, 0.5) is 0 Å². The molecule has 0 N–H and O–H groups in total. The molecule has 2 aromatic carbocycles. The van der Waals surface area contributed by atoms with E-state index >= 15 is 0 Å². The molecule has 136 valence electrons. The minimum absolute atomic E-state index is 0.343. The van der Waals surface area contributed by atoms with E-state index in [0.29, 0.717) is 12.7 Å². The number of para-hydroxylation sites is 2. The molecular weight excluding hydrogens is 332 g/mol. The van der Waals surface area contributed by atoms with Gasteiger partial charge in [-0.2, -0.15) is 11.8 Å². The summed E-state index contributed by atoms with van der Waals surface area (Å²) >= 11 is 1.96. The molecular formula is C21H28O3S. The molecule has 0 amide bonds. The summed E-state index contributed by atoms with van der Waals surface area (Å²) in [6.45, 7) is 6.66. The van der Waals surface area contributed by atoms with E-state index in [1.165, 1.54) is 12.2 Å². The van der Waals surface area contributed by atoms with Crippen LogP contribution in [-0.2, 0) is 4.74 Å². The van der Waals surface area contributed by atoms with Gasteiger partial charge in [-0.3, -0.25) is 0 Å². The molecule has 0 aliphatic carbocycles. The van der Waals surface area contributed by atoms with Crippen molar-refractivity contribution in [2.45, 2.75) is 31.6 Å². The second-order valence-electron chi connectivity index (χ2n) is 5.87. The maximum absolute atomic E-state index is 5.51. The molecule has 2 fully saturated rings. The van der Waals surface area contributed by atoms with Crippen molar-refractivity contribution in [2.75, 3.05) is 25.6 Å². The lowest BCUT2D eigenvalue weighted by molar-refractivity contribution is 0.263. The third-order valence-electron chi connectivity index (χ3n) is 3.16. The molecule has 2 aliphatic rings. The van der Waals surface area contributed by atoms with Crippen molar-refractivity contribution in [3.63, 3.8) is 0 Å². The van der Waals surface area contributed by atoms with Crippen molar-refractivity contribution >= 4 is 11.8 Å². The van der Waals surface area contributed by atoms with Crippen LogP contribution < -0.4 is 9.47 Å². The second kappa shape index (κ2) is 11.8. The van der Waals surface area contributed by atoms with E-state index in [9.17, 15) is 0 Å². The largest absolute Gasteiger partial charge is 0.492 e. The van der Waals surface area contributed by atoms with Crippen LogP contribution >= 0.6 is 11.8 Å². The predicted molar refractivity (Wildman–Crippen MR) is 106 cm³/mol. The highest BCUT2D eigenvalue weighted by atomic mass is 32.2. The SMILES string of the molecule is CCC.c1ccc(OCC2CO2)cc1.c1ccc(OCC2CS2)cc1. The molecule has 2 aliphatic heterocycles. The van der Waals surface area contributed by atoms with Gasteiger partial charge in [0.25, 0.3) is 0 Å². The van der Waals surface area contributed by atoms with E-state index < -0.39 is 0 Å². The van der Waals surface area contributed by atoms with Gasteiger partial charge in [0.2, 0.25) is 0 Å². The van der Waals surface area contributed by atoms with Crippen LogP contribution in [0.3, 0.4) is 0 Å². The Morgan fingerprint density at radius 3 is 1.72 bits per heavy atom. The molecule has 2 unspecified atom stereocenters. The van der Waals surface area contributed by atoms with Crippen LogP contribution in [0.15, 0.2) is 60.7 Å². The molecule has 2 atom stereocenters. The molecule has 4 heteroatoms. The molecule has 4 rings (SSSR count). The summed E-state index contributed by atoms with van der Waals surface area (Å²) in [5, 5.41) is 0.759. The van der Waals surface area contributed by atoms with Gasteiger partial charge >= 0.3 is 0 Å². The van der Waals surface area contributed by atoms with Crippen molar-refractivity contribution in [3.8, 4) is 11.5 Å². The quantitative estimate of drug-likeness (QED) is 0.674. The Morgan fingerprint density at radius 2 is 1.32 bits per heavy atom. The van der Waals surface area contributed by atoms with Crippen molar-refractivity contribution in [3.05, 3.63) is 60.7 Å². The van der Waals surface area contributed by atoms with Crippen LogP contribution in [-0.4, -0.2) is 36.9 Å². The zero-order valence-electron chi connectivity index (χ0n) is 15.1. The smallest absolute Gasteiger partial charge is 0.119 e. The summed E-state index contributed by atoms with van der Waals surface area (Å²) in [7, 11) is 0. The lowest BCUT2D eigenvalue weighted by Crippen LogP contribution is -2.03. The van der Waals surface area contributed by atoms with Crippen LogP contribution in [0.25, 0.3) is 0 Å². The second-order valence-corrected chi connectivity index (χ2v) is 7.20. The van der Waals surface area contributed by atoms with Gasteiger partial charge in [0.1, 0.15) is 30.8 Å². The Kier molecular flexibility index (Phi) is 9.31. The van der Waals surface area contributed by atoms with Gasteiger partial charge in [0.15, 0.2) is 0 Å². The lowest BCUT2D eigenvalue weighted by atomic mass is 10.3. The monoisotopic (exact) mass is 360 g/mol. The normalized spacial score (nSPS) is 19.4. The summed E-state index contributed by atoms with van der Waals surface area (Å²) < 4.78 is 15.9. The zero-order chi connectivity index (χ0) is 17.7. The van der Waals surface area contributed by atoms with Crippen molar-refractivity contribution in [2.24, 2.45) is 0 Å². The van der Waals surface area contributed by atoms with Crippen molar-refractivity contribution in [1.29, 1.82) is 0 Å². The van der Waals surface area contributed by atoms with Gasteiger partial charge in [-0.15, -0.1) is 0 Å². The predicted octanol–water partition coefficient (Wildman–Crippen LogP) is 5.06. The third kappa shape index (κ3) is 10.0. The molecule has 0 saturated carbocycles. The summed E-state index contributed by atoms with van der Waals surface area (Å²) in [5.41, 5.74) is 0. The van der Waals surface area contributed by atoms with Crippen molar-refractivity contribution < 1.29 is 14.2 Å². The zero-order valence-corrected chi connectivity index (χ0v) is 15.9. The highest BCUT2D eigenvalue weighted by Gasteiger charge is 2.23. The summed E-state index contributed by atoms with van der Waals surface area (Å²) in [6, 6.07) is 19.8. The molecule has 0 bridgehead atoms. The van der Waals surface area contributed by atoms with E-state index in [-0.39, 0.29) is 0 Å². The number of hydrogen-bond donors (Lipinski definition) is 0. The number of thioether (sulfide) groups is 1. The van der Waals surface area contributed by atoms with Gasteiger partial charge < -0.3 is 14.2 Å². The summed E-state index contributed by atoms with van der Waals surface area (Å²) in [4.78, 5) is 0. The highest BCUT2D eigenvalue weighted by Crippen LogP contribution is 2.30. The Hall–Kier alpha value is -1.65. The fraction of sp³-hybridized carbons (Fsp3) is 0.429. The molecule has 2 saturated heterocycles. The van der Waals surface area contributed by atoms with Gasteiger partial charge in [0, 0.05) is 11.0 Å². The van der Waals surface area contributed by atoms with Crippen molar-refractivity contribution in [1.82, 2.24) is 0 Å². The van der Waals surface area contributed by atoms with Gasteiger partial charge in [-0.1, -0.05) is 56.7 Å². The van der Waals surface area contributed by atoms with E-state index in [1.54, 1.807) is 0 Å². The molecule has 0 radical (unpaired) electrons. The van der Waals surface area contributed by atoms with E-state index in [4.69, 9.17) is 14.2 Å². The minimum atomic E-state index is 0.343. The average Bonchev–Trinajstić information content (AvgIpc) is 3.57. The standard InChI is InChI=1S/C9H10O2.C9H10OS.C3H8/c2*1-2-4-8(5-3-1)10-6-9-7-11-9;1-3-2/h2*1-5,9H,6-7H2;3H2,1-2H3. The van der Waals surface area contributed by atoms with Crippen LogP contribution in [0.5, 0.6) is 11.5 Å². The lowest BCUT2D eigenvalue weighted by Gasteiger charge is -2.02. The third-order valence-corrected chi connectivity index (χ3v) is 4.10. The molecule has 3 nitrogen and oxygen atoms in total. The molecule has 0 spiro atoms. The maximum Gasteiger partial charge on any atom is 0.119 e. The van der Waals surface area contributed by atoms with Gasteiger partial charge in [0.05, 0.1) is 6.61 Å². The molecule has 2 aromatic rings. The molecule has 25 heavy (non-hydrogen) atoms. The van der Waals surface area contributed by atoms with E-state index in [0.717, 1.165) is 30.0 Å². The minimum Gasteiger partial charge on any atom is -0.492 e. The number of benzene rings is 2. The Bertz CT molecular complexity index is 502. The van der Waals surface area contributed by atoms with E-state index in [2.05, 4.69) is 13.8 Å². The van der Waals surface area contributed by atoms with Crippen LogP contribution in [0, 0.1) is 0 Å². The Balaban J connectivity index is 0.000000156. The fourth-order valence-electron chi connectivity index (χ4n) is 1.74. The van der Waals surface area contributed by atoms with Crippen LogP contribution in [0.1, 0.15) is 20.3 Å². The summed E-state index contributed by atoms with van der Waals surface area (Å²) in [6.07, 6.45) is 1.59. The first-order valence-electron chi connectivity index (χ1n) is 8.90.